The monoisotopic (exact) mass is 390 g/mol. The van der Waals surface area contributed by atoms with Gasteiger partial charge in [0, 0.05) is 10.6 Å². The molecule has 1 heterocycles. The van der Waals surface area contributed by atoms with Crippen molar-refractivity contribution in [3.63, 3.8) is 0 Å². The predicted molar refractivity (Wildman–Crippen MR) is 113 cm³/mol. The Bertz CT molecular complexity index is 1130. The van der Waals surface area contributed by atoms with Gasteiger partial charge < -0.3 is 0 Å². The number of halogens is 1. The molecule has 1 aromatic heterocycles. The van der Waals surface area contributed by atoms with Crippen molar-refractivity contribution >= 4 is 30.0 Å². The largest absolute Gasteiger partial charge is 0.250 e. The first-order valence-electron chi connectivity index (χ1n) is 8.34. The second-order valence-corrected chi connectivity index (χ2v) is 6.73. The molecule has 0 fully saturated rings. The van der Waals surface area contributed by atoms with Crippen molar-refractivity contribution in [3.05, 3.63) is 94.2 Å². The van der Waals surface area contributed by atoms with Crippen LogP contribution < -0.4 is 0 Å². The van der Waals surface area contributed by atoms with E-state index >= 15 is 0 Å². The highest BCUT2D eigenvalue weighted by molar-refractivity contribution is 7.71. The standard InChI is InChI=1S/C21H15ClN4S/c22-19-12-10-18(11-13-19)20-24-25-21(27)26(20)23-14-15-6-8-17(9-7-15)16-4-2-1-3-5-16/h1-14H,(H,25,27). The first-order chi connectivity index (χ1) is 13.2. The minimum atomic E-state index is 0.428. The van der Waals surface area contributed by atoms with Crippen LogP contribution in [-0.4, -0.2) is 21.1 Å². The summed E-state index contributed by atoms with van der Waals surface area (Å²) in [5.41, 5.74) is 4.20. The Balaban J connectivity index is 1.61. The Morgan fingerprint density at radius 2 is 1.48 bits per heavy atom. The molecule has 0 saturated heterocycles. The molecule has 0 aliphatic carbocycles. The lowest BCUT2D eigenvalue weighted by atomic mass is 10.0. The zero-order chi connectivity index (χ0) is 18.6. The Labute approximate surface area is 166 Å². The molecule has 4 rings (SSSR count). The van der Waals surface area contributed by atoms with Gasteiger partial charge in [-0.1, -0.05) is 66.2 Å². The van der Waals surface area contributed by atoms with Crippen molar-refractivity contribution < 1.29 is 0 Å². The lowest BCUT2D eigenvalue weighted by Crippen LogP contribution is -1.95. The third-order valence-electron chi connectivity index (χ3n) is 4.09. The zero-order valence-electron chi connectivity index (χ0n) is 14.2. The van der Waals surface area contributed by atoms with Crippen LogP contribution in [-0.2, 0) is 0 Å². The molecule has 0 aliphatic heterocycles. The number of hydrogen-bond acceptors (Lipinski definition) is 3. The van der Waals surface area contributed by atoms with Crippen LogP contribution in [0.4, 0.5) is 0 Å². The van der Waals surface area contributed by atoms with Crippen LogP contribution in [0.15, 0.2) is 84.0 Å². The molecule has 0 atom stereocenters. The molecule has 0 spiro atoms. The molecule has 4 aromatic rings. The summed E-state index contributed by atoms with van der Waals surface area (Å²) in [4.78, 5) is 0. The van der Waals surface area contributed by atoms with Crippen molar-refractivity contribution in [2.45, 2.75) is 0 Å². The Kier molecular flexibility index (Phi) is 4.96. The smallest absolute Gasteiger partial charge is 0.216 e. The van der Waals surface area contributed by atoms with Crippen LogP contribution in [0.2, 0.25) is 5.02 Å². The molecule has 0 amide bonds. The van der Waals surface area contributed by atoms with E-state index in [-0.39, 0.29) is 0 Å². The molecule has 132 valence electrons. The minimum absolute atomic E-state index is 0.428. The third-order valence-corrected chi connectivity index (χ3v) is 4.61. The van der Waals surface area contributed by atoms with E-state index in [1.165, 1.54) is 5.56 Å². The molecule has 0 aliphatic rings. The summed E-state index contributed by atoms with van der Waals surface area (Å²) in [5, 5.41) is 12.2. The Morgan fingerprint density at radius 1 is 0.852 bits per heavy atom. The second kappa shape index (κ2) is 7.70. The fourth-order valence-corrected chi connectivity index (χ4v) is 3.01. The van der Waals surface area contributed by atoms with Crippen LogP contribution >= 0.6 is 23.8 Å². The summed E-state index contributed by atoms with van der Waals surface area (Å²) < 4.78 is 2.03. The number of H-pyrrole nitrogens is 1. The van der Waals surface area contributed by atoms with Crippen molar-refractivity contribution in [1.82, 2.24) is 14.9 Å². The molecule has 3 aromatic carbocycles. The number of aromatic nitrogens is 3. The summed E-state index contributed by atoms with van der Waals surface area (Å²) in [6, 6.07) is 25.8. The summed E-state index contributed by atoms with van der Waals surface area (Å²) >= 11 is 11.3. The fraction of sp³-hybridized carbons (Fsp3) is 0. The van der Waals surface area contributed by atoms with Gasteiger partial charge in [0.25, 0.3) is 0 Å². The van der Waals surface area contributed by atoms with Gasteiger partial charge in [-0.15, -0.1) is 0 Å². The van der Waals surface area contributed by atoms with Crippen molar-refractivity contribution in [3.8, 4) is 22.5 Å². The summed E-state index contributed by atoms with van der Waals surface area (Å²) in [6.07, 6.45) is 1.76. The molecule has 4 nitrogen and oxygen atoms in total. The van der Waals surface area contributed by atoms with Crippen molar-refractivity contribution in [1.29, 1.82) is 0 Å². The van der Waals surface area contributed by atoms with E-state index in [0.717, 1.165) is 16.7 Å². The summed E-state index contributed by atoms with van der Waals surface area (Å²) in [6.45, 7) is 0. The molecule has 27 heavy (non-hydrogen) atoms. The molecule has 0 radical (unpaired) electrons. The van der Waals surface area contributed by atoms with Gasteiger partial charge in [-0.2, -0.15) is 14.9 Å². The van der Waals surface area contributed by atoms with E-state index < -0.39 is 0 Å². The third kappa shape index (κ3) is 3.89. The normalized spacial score (nSPS) is 11.1. The maximum absolute atomic E-state index is 5.96. The highest BCUT2D eigenvalue weighted by Crippen LogP contribution is 2.21. The number of benzene rings is 3. The van der Waals surface area contributed by atoms with Crippen LogP contribution in [0, 0.1) is 4.77 Å². The van der Waals surface area contributed by atoms with Gasteiger partial charge in [0.05, 0.1) is 6.21 Å². The van der Waals surface area contributed by atoms with E-state index in [9.17, 15) is 0 Å². The molecule has 6 heteroatoms. The second-order valence-electron chi connectivity index (χ2n) is 5.90. The summed E-state index contributed by atoms with van der Waals surface area (Å²) in [5.74, 6) is 0.633. The van der Waals surface area contributed by atoms with Gasteiger partial charge in [-0.25, -0.2) is 5.10 Å². The number of hydrogen-bond donors (Lipinski definition) is 1. The van der Waals surface area contributed by atoms with E-state index in [2.05, 4.69) is 39.6 Å². The Morgan fingerprint density at radius 3 is 2.19 bits per heavy atom. The quantitative estimate of drug-likeness (QED) is 0.353. The van der Waals surface area contributed by atoms with Crippen LogP contribution in [0.1, 0.15) is 5.56 Å². The van der Waals surface area contributed by atoms with E-state index in [1.807, 2.05) is 54.6 Å². The van der Waals surface area contributed by atoms with E-state index in [4.69, 9.17) is 23.8 Å². The molecular formula is C21H15ClN4S. The molecule has 0 bridgehead atoms. The topological polar surface area (TPSA) is 46.0 Å². The lowest BCUT2D eigenvalue weighted by molar-refractivity contribution is 0.871. The average Bonchev–Trinajstić information content (AvgIpc) is 3.08. The zero-order valence-corrected chi connectivity index (χ0v) is 15.8. The van der Waals surface area contributed by atoms with Gasteiger partial charge in [0.15, 0.2) is 5.82 Å². The highest BCUT2D eigenvalue weighted by Gasteiger charge is 2.07. The van der Waals surface area contributed by atoms with Gasteiger partial charge in [0.1, 0.15) is 0 Å². The number of nitrogens with zero attached hydrogens (tertiary/aromatic N) is 3. The first kappa shape index (κ1) is 17.4. The van der Waals surface area contributed by atoms with Gasteiger partial charge in [-0.05, 0) is 53.2 Å². The van der Waals surface area contributed by atoms with Gasteiger partial charge in [-0.3, -0.25) is 0 Å². The maximum Gasteiger partial charge on any atom is 0.216 e. The van der Waals surface area contributed by atoms with Crippen molar-refractivity contribution in [2.75, 3.05) is 0 Å². The summed E-state index contributed by atoms with van der Waals surface area (Å²) in [7, 11) is 0. The predicted octanol–water partition coefficient (Wildman–Crippen LogP) is 5.81. The Hall–Kier alpha value is -3.02. The number of aromatic amines is 1. The molecule has 1 N–H and O–H groups in total. The van der Waals surface area contributed by atoms with Crippen molar-refractivity contribution in [2.24, 2.45) is 5.10 Å². The lowest BCUT2D eigenvalue weighted by Gasteiger charge is -2.03. The van der Waals surface area contributed by atoms with Crippen LogP contribution in [0.25, 0.3) is 22.5 Å². The highest BCUT2D eigenvalue weighted by atomic mass is 35.5. The number of nitrogens with one attached hydrogen (secondary N) is 1. The maximum atomic E-state index is 5.96. The first-order valence-corrected chi connectivity index (χ1v) is 9.12. The molecular weight excluding hydrogens is 376 g/mol. The van der Waals surface area contributed by atoms with Gasteiger partial charge in [0.2, 0.25) is 4.77 Å². The average molecular weight is 391 g/mol. The van der Waals surface area contributed by atoms with Crippen LogP contribution in [0.3, 0.4) is 0 Å². The molecule has 0 unspecified atom stereocenters. The van der Waals surface area contributed by atoms with Gasteiger partial charge >= 0.3 is 0 Å². The molecule has 0 saturated carbocycles. The fourth-order valence-electron chi connectivity index (χ4n) is 2.70. The minimum Gasteiger partial charge on any atom is -0.250 e. The van der Waals surface area contributed by atoms with E-state index in [0.29, 0.717) is 15.6 Å². The SMILES string of the molecule is S=c1[nH]nc(-c2ccc(Cl)cc2)n1N=Cc1ccc(-c2ccccc2)cc1. The van der Waals surface area contributed by atoms with E-state index in [1.54, 1.807) is 10.9 Å². The number of rotatable bonds is 4. The van der Waals surface area contributed by atoms with Crippen LogP contribution in [0.5, 0.6) is 0 Å².